The maximum atomic E-state index is 2.38. The van der Waals surface area contributed by atoms with E-state index in [4.69, 9.17) is 0 Å². The summed E-state index contributed by atoms with van der Waals surface area (Å²) in [6.07, 6.45) is 3.36. The monoisotopic (exact) mass is 184 g/mol. The first-order chi connectivity index (χ1) is 5.74. The second-order valence-corrected chi connectivity index (χ2v) is 3.07. The highest BCUT2D eigenvalue weighted by atomic mass is 16.0. The van der Waals surface area contributed by atoms with Crippen molar-refractivity contribution < 1.29 is 10.0 Å². The van der Waals surface area contributed by atoms with Gasteiger partial charge in [0.05, 0.1) is 13.1 Å². The van der Waals surface area contributed by atoms with E-state index in [0.29, 0.717) is 0 Å². The van der Waals surface area contributed by atoms with E-state index in [1.807, 2.05) is 0 Å². The number of rotatable bonds is 3. The Morgan fingerprint density at radius 3 is 2.31 bits per heavy atom. The van der Waals surface area contributed by atoms with Gasteiger partial charge in [-0.25, -0.2) is 9.13 Å². The molecule has 1 aromatic heterocycles. The highest BCUT2D eigenvalue weighted by Crippen LogP contribution is 2.02. The van der Waals surface area contributed by atoms with Gasteiger partial charge in [-0.05, 0) is 13.8 Å². The minimum Gasteiger partial charge on any atom is -0.870 e. The lowest BCUT2D eigenvalue weighted by Gasteiger charge is -1.98. The molecule has 1 N–H and O–H groups in total. The largest absolute Gasteiger partial charge is 0.870 e. The van der Waals surface area contributed by atoms with Crippen molar-refractivity contribution >= 4 is 0 Å². The summed E-state index contributed by atoms with van der Waals surface area (Å²) in [5.41, 5.74) is 1.37. The van der Waals surface area contributed by atoms with Crippen molar-refractivity contribution in [2.24, 2.45) is 0 Å². The van der Waals surface area contributed by atoms with Crippen molar-refractivity contribution in [1.29, 1.82) is 0 Å². The Morgan fingerprint density at radius 1 is 1.31 bits per heavy atom. The second-order valence-electron chi connectivity index (χ2n) is 3.07. The zero-order chi connectivity index (χ0) is 9.14. The molecule has 0 fully saturated rings. The third-order valence-corrected chi connectivity index (χ3v) is 2.38. The number of aryl methyl sites for hydroxylation is 2. The minimum absolute atomic E-state index is 0. The lowest BCUT2D eigenvalue weighted by Crippen LogP contribution is -2.35. The molecule has 1 rings (SSSR count). The van der Waals surface area contributed by atoms with Gasteiger partial charge in [0.1, 0.15) is 11.9 Å². The van der Waals surface area contributed by atoms with Gasteiger partial charge in [0.2, 0.25) is 0 Å². The molecular formula is C10H20N2O. The van der Waals surface area contributed by atoms with Gasteiger partial charge in [-0.1, -0.05) is 6.92 Å². The summed E-state index contributed by atoms with van der Waals surface area (Å²) in [6.45, 7) is 11.0. The third kappa shape index (κ3) is 2.10. The van der Waals surface area contributed by atoms with Crippen molar-refractivity contribution in [3.05, 3.63) is 17.7 Å². The fourth-order valence-electron chi connectivity index (χ4n) is 1.83. The van der Waals surface area contributed by atoms with Crippen LogP contribution >= 0.6 is 0 Å². The maximum Gasteiger partial charge on any atom is 0.256 e. The van der Waals surface area contributed by atoms with Crippen molar-refractivity contribution in [2.45, 2.75) is 47.2 Å². The molecule has 0 radical (unpaired) electrons. The Labute approximate surface area is 80.3 Å². The van der Waals surface area contributed by atoms with Gasteiger partial charge in [0.15, 0.2) is 0 Å². The van der Waals surface area contributed by atoms with Gasteiger partial charge in [0, 0.05) is 13.3 Å². The molecule has 0 atom stereocenters. The lowest BCUT2D eigenvalue weighted by molar-refractivity contribution is -0.700. The molecule has 0 aliphatic rings. The zero-order valence-electron chi connectivity index (χ0n) is 9.04. The molecule has 0 saturated heterocycles. The Kier molecular flexibility index (Phi) is 4.70. The van der Waals surface area contributed by atoms with Crippen LogP contribution in [-0.4, -0.2) is 10.0 Å². The number of aromatic nitrogens is 2. The molecule has 0 bridgehead atoms. The van der Waals surface area contributed by atoms with Gasteiger partial charge in [-0.2, -0.15) is 0 Å². The predicted octanol–water partition coefficient (Wildman–Crippen LogP) is 1.51. The summed E-state index contributed by atoms with van der Waals surface area (Å²) in [4.78, 5) is 0. The van der Waals surface area contributed by atoms with E-state index >= 15 is 0 Å². The zero-order valence-corrected chi connectivity index (χ0v) is 9.04. The van der Waals surface area contributed by atoms with Crippen molar-refractivity contribution in [3.63, 3.8) is 0 Å². The van der Waals surface area contributed by atoms with Crippen LogP contribution in [0.5, 0.6) is 0 Å². The average Bonchev–Trinajstić information content (AvgIpc) is 2.40. The Morgan fingerprint density at radius 2 is 1.92 bits per heavy atom. The number of imidazole rings is 1. The normalized spacial score (nSPS) is 9.85. The van der Waals surface area contributed by atoms with Gasteiger partial charge < -0.3 is 5.48 Å². The van der Waals surface area contributed by atoms with E-state index < -0.39 is 0 Å². The average molecular weight is 184 g/mol. The first-order valence-corrected chi connectivity index (χ1v) is 4.83. The van der Waals surface area contributed by atoms with Crippen LogP contribution < -0.4 is 4.57 Å². The quantitative estimate of drug-likeness (QED) is 0.656. The molecular weight excluding hydrogens is 164 g/mol. The van der Waals surface area contributed by atoms with Gasteiger partial charge in [0.25, 0.3) is 5.82 Å². The molecule has 0 spiro atoms. The van der Waals surface area contributed by atoms with Gasteiger partial charge in [-0.15, -0.1) is 0 Å². The molecule has 0 saturated carbocycles. The minimum atomic E-state index is 0. The molecule has 0 aromatic carbocycles. The SMILES string of the molecule is CCc1n(CC)c(C)c[n+]1CC.[OH-]. The number of hydrogen-bond acceptors (Lipinski definition) is 1. The van der Waals surface area contributed by atoms with E-state index in [-0.39, 0.29) is 5.48 Å². The predicted molar refractivity (Wildman–Crippen MR) is 52.0 cm³/mol. The molecule has 76 valence electrons. The summed E-state index contributed by atoms with van der Waals surface area (Å²) >= 11 is 0. The van der Waals surface area contributed by atoms with Crippen LogP contribution in [0.3, 0.4) is 0 Å². The van der Waals surface area contributed by atoms with Gasteiger partial charge >= 0.3 is 0 Å². The fraction of sp³-hybridized carbons (Fsp3) is 0.700. The standard InChI is InChI=1S/C10H19N2.H2O/c1-5-10-11(6-2)8-9(4)12(10)7-3;/h8H,5-7H2,1-4H3;1H2/q+1;/p-1. The van der Waals surface area contributed by atoms with Crippen molar-refractivity contribution in [2.75, 3.05) is 0 Å². The van der Waals surface area contributed by atoms with Crippen LogP contribution in [0.1, 0.15) is 32.3 Å². The van der Waals surface area contributed by atoms with Crippen LogP contribution in [-0.2, 0) is 19.5 Å². The molecule has 1 heterocycles. The van der Waals surface area contributed by atoms with E-state index in [1.54, 1.807) is 0 Å². The highest BCUT2D eigenvalue weighted by Gasteiger charge is 2.15. The first-order valence-electron chi connectivity index (χ1n) is 4.83. The molecule has 0 unspecified atom stereocenters. The van der Waals surface area contributed by atoms with Crippen molar-refractivity contribution in [1.82, 2.24) is 4.57 Å². The summed E-state index contributed by atoms with van der Waals surface area (Å²) < 4.78 is 4.71. The van der Waals surface area contributed by atoms with Crippen LogP contribution in [0.2, 0.25) is 0 Å². The first kappa shape index (κ1) is 12.2. The summed E-state index contributed by atoms with van der Waals surface area (Å²) in [5, 5.41) is 0. The molecule has 3 nitrogen and oxygen atoms in total. The van der Waals surface area contributed by atoms with E-state index in [9.17, 15) is 0 Å². The van der Waals surface area contributed by atoms with Crippen LogP contribution in [0, 0.1) is 6.92 Å². The molecule has 0 aliphatic heterocycles. The highest BCUT2D eigenvalue weighted by molar-refractivity contribution is 4.96. The lowest BCUT2D eigenvalue weighted by atomic mass is 10.4. The topological polar surface area (TPSA) is 38.8 Å². The molecule has 3 heteroatoms. The third-order valence-electron chi connectivity index (χ3n) is 2.38. The molecule has 13 heavy (non-hydrogen) atoms. The fourth-order valence-corrected chi connectivity index (χ4v) is 1.83. The van der Waals surface area contributed by atoms with E-state index in [1.165, 1.54) is 11.5 Å². The van der Waals surface area contributed by atoms with Crippen LogP contribution in [0.4, 0.5) is 0 Å². The molecule has 1 aromatic rings. The van der Waals surface area contributed by atoms with E-state index in [0.717, 1.165) is 19.5 Å². The molecule has 0 aliphatic carbocycles. The summed E-state index contributed by atoms with van der Waals surface area (Å²) in [5.74, 6) is 1.44. The van der Waals surface area contributed by atoms with E-state index in [2.05, 4.69) is 43.0 Å². The Hall–Kier alpha value is -0.830. The number of nitrogens with zero attached hydrogens (tertiary/aromatic N) is 2. The smallest absolute Gasteiger partial charge is 0.256 e. The summed E-state index contributed by atoms with van der Waals surface area (Å²) in [7, 11) is 0. The maximum absolute atomic E-state index is 2.38. The Bertz CT molecular complexity index is 266. The summed E-state index contributed by atoms with van der Waals surface area (Å²) in [6, 6.07) is 0. The molecule has 0 amide bonds. The second kappa shape index (κ2) is 5.02. The number of hydrogen-bond donors (Lipinski definition) is 0. The Balaban J connectivity index is 0.00000144. The van der Waals surface area contributed by atoms with Crippen LogP contribution in [0.15, 0.2) is 6.20 Å². The van der Waals surface area contributed by atoms with Crippen LogP contribution in [0.25, 0.3) is 0 Å². The van der Waals surface area contributed by atoms with Crippen molar-refractivity contribution in [3.8, 4) is 0 Å². The van der Waals surface area contributed by atoms with Gasteiger partial charge in [-0.3, -0.25) is 0 Å².